The third kappa shape index (κ3) is 3.82. The number of imide groups is 1. The number of rotatable bonds is 7. The van der Waals surface area contributed by atoms with Gasteiger partial charge in [0.05, 0.1) is 36.1 Å². The molecule has 29 heavy (non-hydrogen) atoms. The molecule has 0 spiro atoms. The number of carbonyl (C=O) groups is 2. The van der Waals surface area contributed by atoms with E-state index < -0.39 is 0 Å². The van der Waals surface area contributed by atoms with Gasteiger partial charge in [-0.15, -0.1) is 11.8 Å². The molecule has 7 heteroatoms. The molecule has 6 nitrogen and oxygen atoms in total. The first-order valence-corrected chi connectivity index (χ1v) is 9.95. The summed E-state index contributed by atoms with van der Waals surface area (Å²) in [5.74, 6) is 1.05. The van der Waals surface area contributed by atoms with Crippen LogP contribution in [-0.4, -0.2) is 28.8 Å². The Bertz CT molecular complexity index is 1060. The van der Waals surface area contributed by atoms with Crippen molar-refractivity contribution in [1.82, 2.24) is 9.88 Å². The van der Waals surface area contributed by atoms with E-state index in [-0.39, 0.29) is 18.4 Å². The van der Waals surface area contributed by atoms with E-state index in [0.29, 0.717) is 27.5 Å². The number of nitrogens with zero attached hydrogens (tertiary/aromatic N) is 2. The van der Waals surface area contributed by atoms with E-state index in [1.807, 2.05) is 24.3 Å². The maximum absolute atomic E-state index is 13.3. The zero-order valence-corrected chi connectivity index (χ0v) is 16.5. The normalized spacial score (nSPS) is 14.0. The van der Waals surface area contributed by atoms with E-state index in [9.17, 15) is 9.59 Å². The highest BCUT2D eigenvalue weighted by atomic mass is 32.2. The molecule has 1 aliphatic heterocycles. The van der Waals surface area contributed by atoms with Crippen LogP contribution in [0.25, 0.3) is 5.57 Å². The maximum Gasteiger partial charge on any atom is 0.268 e. The summed E-state index contributed by atoms with van der Waals surface area (Å²) >= 11 is 1.29. The number of methoxy groups -OCH3 is 1. The highest BCUT2D eigenvalue weighted by Crippen LogP contribution is 2.40. The average molecular weight is 406 g/mol. The number of aromatic nitrogens is 1. The highest BCUT2D eigenvalue weighted by molar-refractivity contribution is 8.03. The van der Waals surface area contributed by atoms with Gasteiger partial charge in [0.25, 0.3) is 11.8 Å². The first kappa shape index (κ1) is 19.0. The fraction of sp³-hybridized carbons (Fsp3) is 0.136. The van der Waals surface area contributed by atoms with Gasteiger partial charge < -0.3 is 9.15 Å². The Morgan fingerprint density at radius 2 is 1.93 bits per heavy atom. The van der Waals surface area contributed by atoms with Gasteiger partial charge in [0.1, 0.15) is 11.5 Å². The lowest BCUT2D eigenvalue weighted by Crippen LogP contribution is -2.31. The van der Waals surface area contributed by atoms with E-state index in [1.165, 1.54) is 16.7 Å². The Labute approximate surface area is 172 Å². The van der Waals surface area contributed by atoms with Crippen molar-refractivity contribution in [1.29, 1.82) is 0 Å². The van der Waals surface area contributed by atoms with Crippen molar-refractivity contribution in [2.45, 2.75) is 12.3 Å². The SMILES string of the molecule is COc1ccccc1C1=C(SCc2ccco2)C(=O)N(Cc2cccnc2)C1=O. The minimum Gasteiger partial charge on any atom is -0.496 e. The molecule has 0 fully saturated rings. The molecule has 0 radical (unpaired) electrons. The number of benzene rings is 1. The van der Waals surface area contributed by atoms with Gasteiger partial charge in [-0.05, 0) is 29.8 Å². The molecular weight excluding hydrogens is 388 g/mol. The molecule has 2 aromatic heterocycles. The minimum absolute atomic E-state index is 0.162. The summed E-state index contributed by atoms with van der Waals surface area (Å²) in [5.41, 5.74) is 1.74. The molecule has 3 heterocycles. The molecule has 146 valence electrons. The van der Waals surface area contributed by atoms with Crippen molar-refractivity contribution in [2.75, 3.05) is 7.11 Å². The predicted molar refractivity (Wildman–Crippen MR) is 110 cm³/mol. The van der Waals surface area contributed by atoms with Crippen molar-refractivity contribution in [3.05, 3.63) is 89.0 Å². The largest absolute Gasteiger partial charge is 0.496 e. The molecule has 0 aliphatic carbocycles. The van der Waals surface area contributed by atoms with Crippen molar-refractivity contribution >= 4 is 29.1 Å². The van der Waals surface area contributed by atoms with Crippen LogP contribution in [0, 0.1) is 0 Å². The second kappa shape index (κ2) is 8.36. The van der Waals surface area contributed by atoms with E-state index in [2.05, 4.69) is 4.98 Å². The zero-order valence-electron chi connectivity index (χ0n) is 15.7. The maximum atomic E-state index is 13.3. The quantitative estimate of drug-likeness (QED) is 0.554. The number of amides is 2. The first-order valence-electron chi connectivity index (χ1n) is 8.97. The van der Waals surface area contributed by atoms with Crippen molar-refractivity contribution in [3.63, 3.8) is 0 Å². The van der Waals surface area contributed by atoms with Crippen LogP contribution in [0.2, 0.25) is 0 Å². The first-order chi connectivity index (χ1) is 14.2. The Morgan fingerprint density at radius 3 is 2.66 bits per heavy atom. The lowest BCUT2D eigenvalue weighted by atomic mass is 10.1. The van der Waals surface area contributed by atoms with Crippen LogP contribution in [0.15, 0.2) is 76.5 Å². The number of hydrogen-bond donors (Lipinski definition) is 0. The lowest BCUT2D eigenvalue weighted by molar-refractivity contribution is -0.137. The van der Waals surface area contributed by atoms with Crippen molar-refractivity contribution in [3.8, 4) is 5.75 Å². The van der Waals surface area contributed by atoms with Crippen LogP contribution in [0.5, 0.6) is 5.75 Å². The number of para-hydroxylation sites is 1. The molecule has 0 atom stereocenters. The Hall–Kier alpha value is -3.32. The average Bonchev–Trinajstić information content (AvgIpc) is 3.35. The van der Waals surface area contributed by atoms with E-state index in [1.54, 1.807) is 50.0 Å². The number of hydrogen-bond acceptors (Lipinski definition) is 6. The lowest BCUT2D eigenvalue weighted by Gasteiger charge is -2.15. The van der Waals surface area contributed by atoms with Crippen molar-refractivity contribution in [2.24, 2.45) is 0 Å². The number of ether oxygens (including phenoxy) is 1. The van der Waals surface area contributed by atoms with Gasteiger partial charge in [0.15, 0.2) is 0 Å². The fourth-order valence-electron chi connectivity index (χ4n) is 3.13. The number of furan rings is 1. The second-order valence-electron chi connectivity index (χ2n) is 6.33. The molecule has 3 aromatic rings. The van der Waals surface area contributed by atoms with Gasteiger partial charge in [0.2, 0.25) is 0 Å². The Kier molecular flexibility index (Phi) is 5.48. The third-order valence-electron chi connectivity index (χ3n) is 4.50. The van der Waals surface area contributed by atoms with Crippen LogP contribution >= 0.6 is 11.8 Å². The van der Waals surface area contributed by atoms with Crippen LogP contribution in [0.1, 0.15) is 16.9 Å². The predicted octanol–water partition coefficient (Wildman–Crippen LogP) is 3.90. The van der Waals surface area contributed by atoms with Gasteiger partial charge >= 0.3 is 0 Å². The summed E-state index contributed by atoms with van der Waals surface area (Å²) in [6.07, 6.45) is 4.89. The third-order valence-corrected chi connectivity index (χ3v) is 5.60. The summed E-state index contributed by atoms with van der Waals surface area (Å²) in [6.45, 7) is 0.162. The van der Waals surface area contributed by atoms with Crippen LogP contribution in [0.3, 0.4) is 0 Å². The van der Waals surface area contributed by atoms with Crippen LogP contribution < -0.4 is 4.74 Å². The molecule has 0 saturated heterocycles. The molecule has 4 rings (SSSR count). The van der Waals surface area contributed by atoms with E-state index >= 15 is 0 Å². The molecule has 0 saturated carbocycles. The van der Waals surface area contributed by atoms with E-state index in [4.69, 9.17) is 9.15 Å². The highest BCUT2D eigenvalue weighted by Gasteiger charge is 2.40. The topological polar surface area (TPSA) is 72.6 Å². The summed E-state index contributed by atoms with van der Waals surface area (Å²) in [7, 11) is 1.55. The van der Waals surface area contributed by atoms with Crippen LogP contribution in [0.4, 0.5) is 0 Å². The van der Waals surface area contributed by atoms with E-state index in [0.717, 1.165) is 11.3 Å². The minimum atomic E-state index is -0.342. The van der Waals surface area contributed by atoms with Crippen molar-refractivity contribution < 1.29 is 18.7 Å². The molecule has 2 amide bonds. The molecule has 0 N–H and O–H groups in total. The Morgan fingerprint density at radius 1 is 1.07 bits per heavy atom. The molecule has 1 aromatic carbocycles. The number of carbonyl (C=O) groups excluding carboxylic acids is 2. The molecule has 0 bridgehead atoms. The Balaban J connectivity index is 1.72. The van der Waals surface area contributed by atoms with Crippen LogP contribution in [-0.2, 0) is 21.9 Å². The molecule has 0 unspecified atom stereocenters. The monoisotopic (exact) mass is 406 g/mol. The van der Waals surface area contributed by atoms with Gasteiger partial charge in [0, 0.05) is 18.0 Å². The van der Waals surface area contributed by atoms with Gasteiger partial charge in [-0.2, -0.15) is 0 Å². The fourth-order valence-corrected chi connectivity index (χ4v) is 4.16. The number of pyridine rings is 1. The van der Waals surface area contributed by atoms with Gasteiger partial charge in [-0.25, -0.2) is 0 Å². The smallest absolute Gasteiger partial charge is 0.268 e. The summed E-state index contributed by atoms with van der Waals surface area (Å²) in [4.78, 5) is 32.2. The van der Waals surface area contributed by atoms with Gasteiger partial charge in [-0.3, -0.25) is 19.5 Å². The summed E-state index contributed by atoms with van der Waals surface area (Å²) in [6, 6.07) is 14.5. The number of thioether (sulfide) groups is 1. The summed E-state index contributed by atoms with van der Waals surface area (Å²) < 4.78 is 10.8. The molecular formula is C22H18N2O4S. The molecule has 1 aliphatic rings. The zero-order chi connectivity index (χ0) is 20.2. The van der Waals surface area contributed by atoms with Gasteiger partial charge in [-0.1, -0.05) is 24.3 Å². The summed E-state index contributed by atoms with van der Waals surface area (Å²) in [5, 5.41) is 0. The standard InChI is InChI=1S/C22H18N2O4S/c1-27-18-9-3-2-8-17(18)19-20(29-14-16-7-5-11-28-16)22(26)24(21(19)25)13-15-6-4-10-23-12-15/h2-12H,13-14H2,1H3. The second-order valence-corrected chi connectivity index (χ2v) is 7.32.